The topological polar surface area (TPSA) is 87.3 Å². The number of rotatable bonds is 3. The van der Waals surface area contributed by atoms with Crippen molar-refractivity contribution < 1.29 is 36.3 Å². The molecule has 3 N–H and O–H groups in total. The van der Waals surface area contributed by atoms with E-state index in [2.05, 4.69) is 16.0 Å². The summed E-state index contributed by atoms with van der Waals surface area (Å²) in [6.45, 7) is 0. The maximum absolute atomic E-state index is 14.1. The summed E-state index contributed by atoms with van der Waals surface area (Å²) in [7, 11) is 0. The average molecular weight is 536 g/mol. The molecule has 0 radical (unpaired) electrons. The second kappa shape index (κ2) is 8.84. The number of halogens is 6. The Morgan fingerprint density at radius 3 is 2.49 bits per heavy atom. The summed E-state index contributed by atoms with van der Waals surface area (Å²) in [5.41, 5.74) is -0.854. The lowest BCUT2D eigenvalue weighted by Crippen LogP contribution is -2.23. The van der Waals surface area contributed by atoms with Crippen molar-refractivity contribution in [1.29, 1.82) is 0 Å². The molecule has 1 atom stereocenters. The van der Waals surface area contributed by atoms with E-state index in [4.69, 9.17) is 11.6 Å². The van der Waals surface area contributed by atoms with Gasteiger partial charge in [-0.05, 0) is 54.4 Å². The number of amides is 3. The minimum Gasteiger partial charge on any atom is -0.341 e. The van der Waals surface area contributed by atoms with Gasteiger partial charge in [0.1, 0.15) is 11.6 Å². The SMILES string of the molecule is O=C1CCc2c(cc(NC(=O)c3cc(F)cc(C(F)(F)F)c3)c3c2C(=O)NC3c2cc(F)ccc2Cl)N1. The standard InChI is InChI=1S/C25H15ClF5N3O3/c26-16-3-1-12(27)8-15(16)22-21-18(9-17-14(2-4-19(35)32-17)20(21)24(37)34-22)33-23(36)10-5-11(25(29,30)31)7-13(28)6-10/h1,3,5-9,22H,2,4H2,(H,32,35)(H,33,36)(H,34,37). The van der Waals surface area contributed by atoms with Gasteiger partial charge in [-0.1, -0.05) is 11.6 Å². The largest absolute Gasteiger partial charge is 0.416 e. The highest BCUT2D eigenvalue weighted by Crippen LogP contribution is 2.44. The number of alkyl halides is 3. The van der Waals surface area contributed by atoms with Crippen molar-refractivity contribution >= 4 is 40.7 Å². The van der Waals surface area contributed by atoms with Gasteiger partial charge >= 0.3 is 6.18 Å². The van der Waals surface area contributed by atoms with Gasteiger partial charge in [0.05, 0.1) is 17.2 Å². The number of anilines is 2. The molecule has 2 aliphatic rings. The van der Waals surface area contributed by atoms with Crippen molar-refractivity contribution in [3.63, 3.8) is 0 Å². The third kappa shape index (κ3) is 4.50. The van der Waals surface area contributed by atoms with Crippen molar-refractivity contribution in [2.24, 2.45) is 0 Å². The molecule has 0 fully saturated rings. The lowest BCUT2D eigenvalue weighted by Gasteiger charge is -2.23. The van der Waals surface area contributed by atoms with Crippen LogP contribution in [0.15, 0.2) is 42.5 Å². The summed E-state index contributed by atoms with van der Waals surface area (Å²) in [5.74, 6) is -3.93. The highest BCUT2D eigenvalue weighted by Gasteiger charge is 2.39. The zero-order valence-corrected chi connectivity index (χ0v) is 19.3. The number of nitrogens with one attached hydrogen (secondary N) is 3. The molecule has 0 saturated heterocycles. The van der Waals surface area contributed by atoms with Crippen LogP contribution in [0.2, 0.25) is 5.02 Å². The molecule has 12 heteroatoms. The van der Waals surface area contributed by atoms with Gasteiger partial charge in [-0.2, -0.15) is 13.2 Å². The van der Waals surface area contributed by atoms with Crippen LogP contribution >= 0.6 is 11.6 Å². The Morgan fingerprint density at radius 1 is 1.00 bits per heavy atom. The van der Waals surface area contributed by atoms with E-state index in [0.29, 0.717) is 17.7 Å². The van der Waals surface area contributed by atoms with Crippen molar-refractivity contribution in [2.75, 3.05) is 10.6 Å². The summed E-state index contributed by atoms with van der Waals surface area (Å²) in [6.07, 6.45) is -4.61. The predicted molar refractivity (Wildman–Crippen MR) is 123 cm³/mol. The number of fused-ring (bicyclic) bond motifs is 3. The third-order valence-electron chi connectivity index (χ3n) is 6.15. The molecule has 0 bridgehead atoms. The van der Waals surface area contributed by atoms with Crippen LogP contribution in [0.4, 0.5) is 33.3 Å². The summed E-state index contributed by atoms with van der Waals surface area (Å²) >= 11 is 6.27. The Balaban J connectivity index is 1.65. The van der Waals surface area contributed by atoms with Gasteiger partial charge < -0.3 is 16.0 Å². The molecule has 190 valence electrons. The van der Waals surface area contributed by atoms with Crippen molar-refractivity contribution in [1.82, 2.24) is 5.32 Å². The highest BCUT2D eigenvalue weighted by atomic mass is 35.5. The van der Waals surface area contributed by atoms with E-state index >= 15 is 0 Å². The Labute approximate surface area is 210 Å². The zero-order valence-electron chi connectivity index (χ0n) is 18.5. The van der Waals surface area contributed by atoms with E-state index < -0.39 is 46.8 Å². The molecular weight excluding hydrogens is 521 g/mol. The first-order chi connectivity index (χ1) is 17.4. The fourth-order valence-corrected chi connectivity index (χ4v) is 4.78. The maximum atomic E-state index is 14.1. The minimum atomic E-state index is -4.90. The van der Waals surface area contributed by atoms with E-state index in [9.17, 15) is 36.3 Å². The van der Waals surface area contributed by atoms with Crippen LogP contribution in [0.25, 0.3) is 0 Å². The van der Waals surface area contributed by atoms with Crippen molar-refractivity contribution in [2.45, 2.75) is 25.1 Å². The van der Waals surface area contributed by atoms with Crippen LogP contribution < -0.4 is 16.0 Å². The van der Waals surface area contributed by atoms with Crippen LogP contribution in [-0.4, -0.2) is 17.7 Å². The van der Waals surface area contributed by atoms with E-state index in [1.807, 2.05) is 0 Å². The molecular formula is C25H15ClF5N3O3. The molecule has 2 heterocycles. The monoisotopic (exact) mass is 535 g/mol. The summed E-state index contributed by atoms with van der Waals surface area (Å²) in [5, 5.41) is 7.85. The first kappa shape index (κ1) is 24.7. The van der Waals surface area contributed by atoms with Gasteiger partial charge in [-0.25, -0.2) is 8.78 Å². The fraction of sp³-hybridized carbons (Fsp3) is 0.160. The molecule has 1 unspecified atom stereocenters. The number of carbonyl (C=O) groups is 3. The summed E-state index contributed by atoms with van der Waals surface area (Å²) in [6, 6.07) is 5.23. The third-order valence-corrected chi connectivity index (χ3v) is 6.49. The van der Waals surface area contributed by atoms with Gasteiger partial charge in [-0.15, -0.1) is 0 Å². The number of hydrogen-bond acceptors (Lipinski definition) is 3. The number of benzene rings is 3. The summed E-state index contributed by atoms with van der Waals surface area (Å²) < 4.78 is 67.5. The van der Waals surface area contributed by atoms with Crippen molar-refractivity contribution in [3.8, 4) is 0 Å². The van der Waals surface area contributed by atoms with Crippen LogP contribution in [-0.2, 0) is 17.4 Å². The molecule has 37 heavy (non-hydrogen) atoms. The zero-order chi connectivity index (χ0) is 26.6. The van der Waals surface area contributed by atoms with Gasteiger partial charge in [0.15, 0.2) is 0 Å². The second-order valence-corrected chi connectivity index (χ2v) is 8.95. The van der Waals surface area contributed by atoms with Crippen molar-refractivity contribution in [3.05, 3.63) is 92.5 Å². The van der Waals surface area contributed by atoms with Crippen LogP contribution in [0.5, 0.6) is 0 Å². The lowest BCUT2D eigenvalue weighted by molar-refractivity contribution is -0.137. The summed E-state index contributed by atoms with van der Waals surface area (Å²) in [4.78, 5) is 38.1. The molecule has 3 aromatic carbocycles. The van der Waals surface area contributed by atoms with Gasteiger partial charge in [0.2, 0.25) is 5.91 Å². The normalized spacial score (nSPS) is 16.5. The molecule has 3 aromatic rings. The lowest BCUT2D eigenvalue weighted by atomic mass is 9.89. The molecule has 3 amide bonds. The Kier molecular flexibility index (Phi) is 5.90. The molecule has 0 aliphatic carbocycles. The molecule has 6 nitrogen and oxygen atoms in total. The maximum Gasteiger partial charge on any atom is 0.416 e. The fourth-order valence-electron chi connectivity index (χ4n) is 4.55. The minimum absolute atomic E-state index is 0.0533. The van der Waals surface area contributed by atoms with Gasteiger partial charge in [-0.3, -0.25) is 14.4 Å². The highest BCUT2D eigenvalue weighted by molar-refractivity contribution is 6.31. The first-order valence-electron chi connectivity index (χ1n) is 10.9. The molecule has 5 rings (SSSR count). The van der Waals surface area contributed by atoms with Crippen LogP contribution in [0.3, 0.4) is 0 Å². The Morgan fingerprint density at radius 2 is 1.76 bits per heavy atom. The molecule has 0 aromatic heterocycles. The first-order valence-corrected chi connectivity index (χ1v) is 11.2. The molecule has 2 aliphatic heterocycles. The smallest absolute Gasteiger partial charge is 0.341 e. The van der Waals surface area contributed by atoms with E-state index in [-0.39, 0.29) is 57.9 Å². The number of carbonyl (C=O) groups excluding carboxylic acids is 3. The van der Waals surface area contributed by atoms with Crippen LogP contribution in [0, 0.1) is 11.6 Å². The Bertz CT molecular complexity index is 1510. The van der Waals surface area contributed by atoms with Crippen LogP contribution in [0.1, 0.15) is 55.4 Å². The van der Waals surface area contributed by atoms with Gasteiger partial charge in [0, 0.05) is 39.5 Å². The van der Waals surface area contributed by atoms with E-state index in [0.717, 1.165) is 12.1 Å². The number of hydrogen-bond donors (Lipinski definition) is 3. The molecule has 0 saturated carbocycles. The predicted octanol–water partition coefficient (Wildman–Crippen LogP) is 5.61. The second-order valence-electron chi connectivity index (χ2n) is 8.54. The average Bonchev–Trinajstić information content (AvgIpc) is 3.17. The van der Waals surface area contributed by atoms with E-state index in [1.165, 1.54) is 12.1 Å². The quantitative estimate of drug-likeness (QED) is 0.381. The Hall–Kier alpha value is -3.99. The van der Waals surface area contributed by atoms with E-state index in [1.54, 1.807) is 0 Å². The molecule has 0 spiro atoms. The van der Waals surface area contributed by atoms with Gasteiger partial charge in [0.25, 0.3) is 11.8 Å².